The summed E-state index contributed by atoms with van der Waals surface area (Å²) in [5.74, 6) is 0. The zero-order valence-electron chi connectivity index (χ0n) is 34.2. The molecule has 0 amide bonds. The molecule has 294 valence electrons. The van der Waals surface area contributed by atoms with E-state index < -0.39 is 0 Å². The Kier molecular flexibility index (Phi) is 7.91. The number of para-hydroxylation sites is 2. The van der Waals surface area contributed by atoms with Gasteiger partial charge in [-0.25, -0.2) is 0 Å². The summed E-state index contributed by atoms with van der Waals surface area (Å²) in [5, 5.41) is 12.0. The second-order valence-electron chi connectivity index (χ2n) is 16.5. The third-order valence-electron chi connectivity index (χ3n) is 12.9. The minimum Gasteiger partial charge on any atom is -0.455 e. The Bertz CT molecular complexity index is 3870. The molecule has 0 aliphatic carbocycles. The first-order chi connectivity index (χ1) is 31.2. The molecule has 0 bridgehead atoms. The fourth-order valence-electron chi connectivity index (χ4n) is 10.0. The number of aromatic nitrogens is 1. The molecule has 13 aromatic rings. The first kappa shape index (κ1) is 35.4. The second kappa shape index (κ2) is 14.1. The lowest BCUT2D eigenvalue weighted by molar-refractivity contribution is 0.672. The molecular weight excluding hydrogens is 765 g/mol. The molecular formula is C60H38N2O. The van der Waals surface area contributed by atoms with Crippen molar-refractivity contribution in [3.8, 4) is 27.9 Å². The van der Waals surface area contributed by atoms with Crippen LogP contribution < -0.4 is 4.90 Å². The Labute approximate surface area is 363 Å². The van der Waals surface area contributed by atoms with Crippen molar-refractivity contribution >= 4 is 93.1 Å². The first-order valence-electron chi connectivity index (χ1n) is 21.6. The van der Waals surface area contributed by atoms with Crippen molar-refractivity contribution in [1.29, 1.82) is 0 Å². The quantitative estimate of drug-likeness (QED) is 0.156. The number of nitrogens with zero attached hydrogens (tertiary/aromatic N) is 2. The van der Waals surface area contributed by atoms with Crippen molar-refractivity contribution in [2.75, 3.05) is 4.90 Å². The number of rotatable bonds is 6. The zero-order chi connectivity index (χ0) is 41.4. The molecule has 0 radical (unpaired) electrons. The highest BCUT2D eigenvalue weighted by molar-refractivity contribution is 6.16. The Morgan fingerprint density at radius 3 is 1.71 bits per heavy atom. The van der Waals surface area contributed by atoms with E-state index in [4.69, 9.17) is 4.42 Å². The number of furan rings is 1. The van der Waals surface area contributed by atoms with E-state index in [-0.39, 0.29) is 0 Å². The van der Waals surface area contributed by atoms with E-state index in [1.807, 2.05) is 0 Å². The van der Waals surface area contributed by atoms with E-state index in [2.05, 4.69) is 240 Å². The van der Waals surface area contributed by atoms with Gasteiger partial charge in [0.1, 0.15) is 11.2 Å². The van der Waals surface area contributed by atoms with Crippen LogP contribution in [0.5, 0.6) is 0 Å². The number of fused-ring (bicyclic) bond motifs is 11. The lowest BCUT2D eigenvalue weighted by atomic mass is 9.93. The van der Waals surface area contributed by atoms with Gasteiger partial charge in [-0.2, -0.15) is 0 Å². The topological polar surface area (TPSA) is 21.3 Å². The lowest BCUT2D eigenvalue weighted by Gasteiger charge is -2.26. The van der Waals surface area contributed by atoms with Crippen LogP contribution in [0.4, 0.5) is 17.1 Å². The minimum atomic E-state index is 0.860. The van der Waals surface area contributed by atoms with Gasteiger partial charge in [-0.15, -0.1) is 0 Å². The molecule has 0 unspecified atom stereocenters. The summed E-state index contributed by atoms with van der Waals surface area (Å²) in [6.07, 6.45) is 0. The van der Waals surface area contributed by atoms with Crippen molar-refractivity contribution in [2.45, 2.75) is 0 Å². The Morgan fingerprint density at radius 1 is 0.317 bits per heavy atom. The van der Waals surface area contributed by atoms with Crippen LogP contribution in [0.2, 0.25) is 0 Å². The van der Waals surface area contributed by atoms with Gasteiger partial charge in [0.2, 0.25) is 0 Å². The predicted molar refractivity (Wildman–Crippen MR) is 266 cm³/mol. The normalized spacial score (nSPS) is 11.8. The predicted octanol–water partition coefficient (Wildman–Crippen LogP) is 16.9. The van der Waals surface area contributed by atoms with Gasteiger partial charge in [0.05, 0.1) is 11.0 Å². The summed E-state index contributed by atoms with van der Waals surface area (Å²) >= 11 is 0. The summed E-state index contributed by atoms with van der Waals surface area (Å²) < 4.78 is 9.14. The molecule has 0 atom stereocenters. The van der Waals surface area contributed by atoms with Crippen LogP contribution in [0.1, 0.15) is 0 Å². The van der Waals surface area contributed by atoms with Crippen LogP contribution in [-0.4, -0.2) is 4.57 Å². The number of anilines is 3. The van der Waals surface area contributed by atoms with Gasteiger partial charge >= 0.3 is 0 Å². The summed E-state index contributed by atoms with van der Waals surface area (Å²) in [4.78, 5) is 2.36. The number of hydrogen-bond acceptors (Lipinski definition) is 2. The maximum absolute atomic E-state index is 6.75. The Morgan fingerprint density at radius 2 is 0.921 bits per heavy atom. The Hall–Kier alpha value is -8.40. The van der Waals surface area contributed by atoms with Crippen molar-refractivity contribution in [3.63, 3.8) is 0 Å². The van der Waals surface area contributed by atoms with Gasteiger partial charge in [-0.1, -0.05) is 152 Å². The highest BCUT2D eigenvalue weighted by Gasteiger charge is 2.19. The molecule has 0 aliphatic rings. The summed E-state index contributed by atoms with van der Waals surface area (Å²) in [5.41, 5.74) is 13.2. The molecule has 3 heteroatoms. The first-order valence-corrected chi connectivity index (χ1v) is 21.6. The molecule has 11 aromatic carbocycles. The molecule has 0 fully saturated rings. The molecule has 0 saturated carbocycles. The van der Waals surface area contributed by atoms with Crippen LogP contribution in [0.3, 0.4) is 0 Å². The third-order valence-corrected chi connectivity index (χ3v) is 12.9. The van der Waals surface area contributed by atoms with Crippen molar-refractivity contribution in [2.24, 2.45) is 0 Å². The summed E-state index contributed by atoms with van der Waals surface area (Å²) in [6.45, 7) is 0. The Balaban J connectivity index is 0.956. The molecule has 0 aliphatic heterocycles. The van der Waals surface area contributed by atoms with Crippen molar-refractivity contribution in [3.05, 3.63) is 231 Å². The molecule has 2 aromatic heterocycles. The maximum Gasteiger partial charge on any atom is 0.143 e. The molecule has 0 N–H and O–H groups in total. The average Bonchev–Trinajstić information content (AvgIpc) is 3.90. The molecule has 13 rings (SSSR count). The average molecular weight is 803 g/mol. The molecule has 2 heterocycles. The zero-order valence-corrected chi connectivity index (χ0v) is 34.2. The van der Waals surface area contributed by atoms with Gasteiger partial charge in [0, 0.05) is 55.7 Å². The van der Waals surface area contributed by atoms with Gasteiger partial charge in [-0.05, 0) is 122 Å². The summed E-state index contributed by atoms with van der Waals surface area (Å²) in [7, 11) is 0. The fraction of sp³-hybridized carbons (Fsp3) is 0. The SMILES string of the molecule is c1cc(-c2cc3ccccc3c3ccccc23)cc(N(c2ccc(-c3cccc(-n4c5ccccc5c5ccccc54)c3)cc2)c2ccc3c(c2)oc2c4ccccc4ccc32)c1. The van der Waals surface area contributed by atoms with E-state index in [9.17, 15) is 0 Å². The molecule has 0 spiro atoms. The van der Waals surface area contributed by atoms with Gasteiger partial charge in [0.15, 0.2) is 0 Å². The van der Waals surface area contributed by atoms with E-state index in [0.29, 0.717) is 0 Å². The van der Waals surface area contributed by atoms with Gasteiger partial charge in [0.25, 0.3) is 0 Å². The van der Waals surface area contributed by atoms with Crippen LogP contribution in [0, 0.1) is 0 Å². The van der Waals surface area contributed by atoms with Crippen LogP contribution in [0.15, 0.2) is 235 Å². The maximum atomic E-state index is 6.75. The lowest BCUT2D eigenvalue weighted by Crippen LogP contribution is -2.10. The van der Waals surface area contributed by atoms with Gasteiger partial charge < -0.3 is 13.9 Å². The van der Waals surface area contributed by atoms with E-state index in [1.165, 1.54) is 54.3 Å². The standard InChI is InChI=1S/C60H38N2O/c1-4-20-49-40(13-1)29-33-55-54-34-32-47(38-59(54)63-60(49)55)61(45-17-12-16-42(36-45)56-37-43-14-2-3-19-48(43)50-21-5-6-22-51(50)56)44-30-27-39(28-31-44)41-15-11-18-46(35-41)62-57-25-9-7-23-52(57)53-24-8-10-26-58(53)62/h1-38H. The highest BCUT2D eigenvalue weighted by Crippen LogP contribution is 2.43. The van der Waals surface area contributed by atoms with Crippen LogP contribution in [-0.2, 0) is 0 Å². The van der Waals surface area contributed by atoms with E-state index in [1.54, 1.807) is 0 Å². The minimum absolute atomic E-state index is 0.860. The monoisotopic (exact) mass is 802 g/mol. The smallest absolute Gasteiger partial charge is 0.143 e. The van der Waals surface area contributed by atoms with Crippen LogP contribution >= 0.6 is 0 Å². The molecule has 63 heavy (non-hydrogen) atoms. The summed E-state index contributed by atoms with van der Waals surface area (Å²) in [6, 6.07) is 83.5. The fourth-order valence-corrected chi connectivity index (χ4v) is 10.0. The second-order valence-corrected chi connectivity index (χ2v) is 16.5. The largest absolute Gasteiger partial charge is 0.455 e. The highest BCUT2D eigenvalue weighted by atomic mass is 16.3. The van der Waals surface area contributed by atoms with Crippen molar-refractivity contribution in [1.82, 2.24) is 4.57 Å². The van der Waals surface area contributed by atoms with E-state index >= 15 is 0 Å². The molecule has 3 nitrogen and oxygen atoms in total. The van der Waals surface area contributed by atoms with Crippen LogP contribution in [0.25, 0.3) is 104 Å². The number of benzene rings is 11. The third kappa shape index (κ3) is 5.67. The van der Waals surface area contributed by atoms with Gasteiger partial charge in [-0.3, -0.25) is 0 Å². The van der Waals surface area contributed by atoms with Crippen molar-refractivity contribution < 1.29 is 4.42 Å². The molecule has 0 saturated heterocycles. The number of hydrogen-bond donors (Lipinski definition) is 0. The van der Waals surface area contributed by atoms with E-state index in [0.717, 1.165) is 66.8 Å².